The molecule has 1 aliphatic rings. The van der Waals surface area contributed by atoms with Crippen molar-refractivity contribution in [1.82, 2.24) is 4.90 Å². The summed E-state index contributed by atoms with van der Waals surface area (Å²) in [5, 5.41) is 0. The van der Waals surface area contributed by atoms with Gasteiger partial charge in [-0.2, -0.15) is 0 Å². The highest BCUT2D eigenvalue weighted by molar-refractivity contribution is 5.86. The predicted molar refractivity (Wildman–Crippen MR) is 73.5 cm³/mol. The molecule has 1 heterocycles. The lowest BCUT2D eigenvalue weighted by Crippen LogP contribution is -2.27. The van der Waals surface area contributed by atoms with Crippen LogP contribution in [0.25, 0.3) is 0 Å². The molecule has 0 saturated carbocycles. The van der Waals surface area contributed by atoms with Crippen LogP contribution in [0.15, 0.2) is 0 Å². The minimum Gasteiger partial charge on any atom is -0.469 e. The Kier molecular flexibility index (Phi) is 7.48. The quantitative estimate of drug-likeness (QED) is 0.506. The fraction of sp³-hybridized carbons (Fsp3) is 0.857. The second-order valence-corrected chi connectivity index (χ2v) is 5.17. The fourth-order valence-corrected chi connectivity index (χ4v) is 2.47. The van der Waals surface area contributed by atoms with Gasteiger partial charge in [0.1, 0.15) is 0 Å². The van der Waals surface area contributed by atoms with E-state index in [1.165, 1.54) is 26.4 Å². The third-order valence-electron chi connectivity index (χ3n) is 3.63. The zero-order valence-corrected chi connectivity index (χ0v) is 11.9. The van der Waals surface area contributed by atoms with Crippen LogP contribution in [0.1, 0.15) is 44.9 Å². The van der Waals surface area contributed by atoms with E-state index in [1.807, 2.05) is 0 Å². The summed E-state index contributed by atoms with van der Waals surface area (Å²) in [6.07, 6.45) is 7.18. The molecular formula is C14H26N2O3. The van der Waals surface area contributed by atoms with Gasteiger partial charge in [-0.05, 0) is 19.4 Å². The molecule has 1 unspecified atom stereocenters. The second-order valence-electron chi connectivity index (χ2n) is 5.17. The predicted octanol–water partition coefficient (Wildman–Crippen LogP) is 1.31. The minimum atomic E-state index is -0.266. The van der Waals surface area contributed by atoms with Crippen LogP contribution >= 0.6 is 0 Å². The molecule has 0 aromatic carbocycles. The van der Waals surface area contributed by atoms with Crippen LogP contribution in [-0.4, -0.2) is 43.5 Å². The molecule has 1 rings (SSSR count). The number of esters is 1. The number of nitrogens with two attached hydrogens (primary N) is 1. The highest BCUT2D eigenvalue weighted by Crippen LogP contribution is 2.19. The molecule has 1 amide bonds. The molecular weight excluding hydrogens is 244 g/mol. The Morgan fingerprint density at radius 2 is 1.89 bits per heavy atom. The van der Waals surface area contributed by atoms with Crippen LogP contribution < -0.4 is 5.73 Å². The molecule has 0 aromatic heterocycles. The summed E-state index contributed by atoms with van der Waals surface area (Å²) >= 11 is 0. The molecule has 0 aliphatic carbocycles. The molecule has 0 bridgehead atoms. The molecule has 1 aliphatic heterocycles. The first-order valence-corrected chi connectivity index (χ1v) is 7.24. The van der Waals surface area contributed by atoms with E-state index in [1.54, 1.807) is 4.90 Å². The number of methoxy groups -OCH3 is 1. The van der Waals surface area contributed by atoms with Gasteiger partial charge >= 0.3 is 5.97 Å². The lowest BCUT2D eigenvalue weighted by atomic mass is 10.1. The summed E-state index contributed by atoms with van der Waals surface area (Å²) in [4.78, 5) is 24.9. The number of rotatable bonds is 9. The molecule has 110 valence electrons. The van der Waals surface area contributed by atoms with Crippen LogP contribution in [0.4, 0.5) is 0 Å². The van der Waals surface area contributed by atoms with Crippen LogP contribution in [0.5, 0.6) is 0 Å². The van der Waals surface area contributed by atoms with Crippen molar-refractivity contribution < 1.29 is 14.3 Å². The van der Waals surface area contributed by atoms with Crippen molar-refractivity contribution in [1.29, 1.82) is 0 Å². The standard InChI is InChI=1S/C14H26N2O3/c1-19-14(18)12-10-13(17)16(11-12)9-7-5-3-2-4-6-8-15/h12H,2-11,15H2,1H3. The number of nitrogens with zero attached hydrogens (tertiary/aromatic N) is 1. The summed E-state index contributed by atoms with van der Waals surface area (Å²) in [5.41, 5.74) is 5.43. The number of hydrogen-bond donors (Lipinski definition) is 1. The molecule has 1 saturated heterocycles. The summed E-state index contributed by atoms with van der Waals surface area (Å²) in [5.74, 6) is -0.446. The summed E-state index contributed by atoms with van der Waals surface area (Å²) < 4.78 is 4.68. The van der Waals surface area contributed by atoms with Crippen molar-refractivity contribution >= 4 is 11.9 Å². The first kappa shape index (κ1) is 16.0. The second kappa shape index (κ2) is 8.91. The molecule has 0 aromatic rings. The molecule has 1 atom stereocenters. The fourth-order valence-electron chi connectivity index (χ4n) is 2.47. The van der Waals surface area contributed by atoms with Gasteiger partial charge in [-0.3, -0.25) is 9.59 Å². The molecule has 0 spiro atoms. The number of carbonyl (C=O) groups excluding carboxylic acids is 2. The average Bonchev–Trinajstić information content (AvgIpc) is 2.78. The molecule has 0 radical (unpaired) electrons. The third kappa shape index (κ3) is 5.59. The maximum Gasteiger partial charge on any atom is 0.310 e. The number of carbonyl (C=O) groups is 2. The summed E-state index contributed by atoms with van der Waals surface area (Å²) in [6.45, 7) is 2.07. The van der Waals surface area contributed by atoms with Gasteiger partial charge in [-0.15, -0.1) is 0 Å². The highest BCUT2D eigenvalue weighted by Gasteiger charge is 2.34. The van der Waals surface area contributed by atoms with Crippen LogP contribution in [-0.2, 0) is 14.3 Å². The topological polar surface area (TPSA) is 72.6 Å². The highest BCUT2D eigenvalue weighted by atomic mass is 16.5. The van der Waals surface area contributed by atoms with Crippen molar-refractivity contribution in [3.05, 3.63) is 0 Å². The molecule has 1 fully saturated rings. The van der Waals surface area contributed by atoms with E-state index in [4.69, 9.17) is 5.73 Å². The van der Waals surface area contributed by atoms with Gasteiger partial charge in [0, 0.05) is 19.5 Å². The van der Waals surface area contributed by atoms with E-state index in [0.29, 0.717) is 13.0 Å². The number of unbranched alkanes of at least 4 members (excludes halogenated alkanes) is 5. The first-order valence-electron chi connectivity index (χ1n) is 7.24. The van der Waals surface area contributed by atoms with E-state index >= 15 is 0 Å². The Morgan fingerprint density at radius 1 is 1.26 bits per heavy atom. The van der Waals surface area contributed by atoms with E-state index in [-0.39, 0.29) is 17.8 Å². The maximum absolute atomic E-state index is 11.7. The van der Waals surface area contributed by atoms with E-state index in [9.17, 15) is 9.59 Å². The van der Waals surface area contributed by atoms with E-state index < -0.39 is 0 Å². The molecule has 5 nitrogen and oxygen atoms in total. The lowest BCUT2D eigenvalue weighted by Gasteiger charge is -2.15. The third-order valence-corrected chi connectivity index (χ3v) is 3.63. The Labute approximate surface area is 115 Å². The van der Waals surface area contributed by atoms with E-state index in [0.717, 1.165) is 32.4 Å². The molecule has 5 heteroatoms. The first-order chi connectivity index (χ1) is 9.19. The lowest BCUT2D eigenvalue weighted by molar-refractivity contribution is -0.145. The average molecular weight is 270 g/mol. The van der Waals surface area contributed by atoms with Gasteiger partial charge in [-0.1, -0.05) is 25.7 Å². The maximum atomic E-state index is 11.7. The van der Waals surface area contributed by atoms with Crippen LogP contribution in [0, 0.1) is 5.92 Å². The van der Waals surface area contributed by atoms with Gasteiger partial charge in [-0.25, -0.2) is 0 Å². The van der Waals surface area contributed by atoms with E-state index in [2.05, 4.69) is 4.74 Å². The van der Waals surface area contributed by atoms with Crippen LogP contribution in [0.3, 0.4) is 0 Å². The van der Waals surface area contributed by atoms with Gasteiger partial charge in [0.25, 0.3) is 0 Å². The van der Waals surface area contributed by atoms with Crippen molar-refractivity contribution in [2.75, 3.05) is 26.7 Å². The van der Waals surface area contributed by atoms with Crippen molar-refractivity contribution in [2.24, 2.45) is 11.7 Å². The summed E-state index contributed by atoms with van der Waals surface area (Å²) in [7, 11) is 1.37. The van der Waals surface area contributed by atoms with Gasteiger partial charge < -0.3 is 15.4 Å². The molecule has 19 heavy (non-hydrogen) atoms. The zero-order valence-electron chi connectivity index (χ0n) is 11.9. The number of hydrogen-bond acceptors (Lipinski definition) is 4. The SMILES string of the molecule is COC(=O)C1CC(=O)N(CCCCCCCCN)C1. The Hall–Kier alpha value is -1.10. The number of amides is 1. The summed E-state index contributed by atoms with van der Waals surface area (Å²) in [6, 6.07) is 0. The largest absolute Gasteiger partial charge is 0.469 e. The smallest absolute Gasteiger partial charge is 0.310 e. The number of likely N-dealkylation sites (tertiary alicyclic amines) is 1. The van der Waals surface area contributed by atoms with Crippen molar-refractivity contribution in [2.45, 2.75) is 44.9 Å². The normalized spacial score (nSPS) is 18.9. The minimum absolute atomic E-state index is 0.0820. The monoisotopic (exact) mass is 270 g/mol. The van der Waals surface area contributed by atoms with Crippen LogP contribution in [0.2, 0.25) is 0 Å². The zero-order chi connectivity index (χ0) is 14.1. The number of ether oxygens (including phenoxy) is 1. The van der Waals surface area contributed by atoms with Crippen molar-refractivity contribution in [3.63, 3.8) is 0 Å². The Morgan fingerprint density at radius 3 is 2.53 bits per heavy atom. The van der Waals surface area contributed by atoms with Crippen molar-refractivity contribution in [3.8, 4) is 0 Å². The van der Waals surface area contributed by atoms with Gasteiger partial charge in [0.2, 0.25) is 5.91 Å². The Bertz CT molecular complexity index is 294. The van der Waals surface area contributed by atoms with Gasteiger partial charge in [0.15, 0.2) is 0 Å². The van der Waals surface area contributed by atoms with Gasteiger partial charge in [0.05, 0.1) is 13.0 Å². The molecule has 2 N–H and O–H groups in total. The Balaban J connectivity index is 2.10.